The zero-order chi connectivity index (χ0) is 13.9. The lowest BCUT2D eigenvalue weighted by Crippen LogP contribution is -2.38. The first kappa shape index (κ1) is 15.3. The van der Waals surface area contributed by atoms with Gasteiger partial charge in [0.2, 0.25) is 0 Å². The maximum absolute atomic E-state index is 14.2. The van der Waals surface area contributed by atoms with Crippen molar-refractivity contribution in [2.24, 2.45) is 0 Å². The fraction of sp³-hybridized carbons (Fsp3) is 0.600. The summed E-state index contributed by atoms with van der Waals surface area (Å²) in [7, 11) is 0. The van der Waals surface area contributed by atoms with Gasteiger partial charge in [-0.05, 0) is 56.7 Å². The van der Waals surface area contributed by atoms with Gasteiger partial charge in [-0.3, -0.25) is 0 Å². The minimum absolute atomic E-state index is 0.0810. The van der Waals surface area contributed by atoms with Gasteiger partial charge >= 0.3 is 0 Å². The molecule has 2 unspecified atom stereocenters. The van der Waals surface area contributed by atoms with E-state index >= 15 is 0 Å². The standard InChI is InChI=1S/C15H21BrFNS/c1-3-8-18-14(15(2)7-4-9-19-15)12-10-11(16)5-6-13(12)17/h5-6,10,14,18H,3-4,7-9H2,1-2H3. The third-order valence-electron chi connectivity index (χ3n) is 3.73. The molecule has 19 heavy (non-hydrogen) atoms. The van der Waals surface area contributed by atoms with E-state index in [1.165, 1.54) is 12.2 Å². The predicted octanol–water partition coefficient (Wildman–Crippen LogP) is 4.91. The van der Waals surface area contributed by atoms with Crippen LogP contribution in [0.15, 0.2) is 22.7 Å². The van der Waals surface area contributed by atoms with E-state index in [2.05, 4.69) is 35.1 Å². The molecule has 1 aromatic rings. The van der Waals surface area contributed by atoms with Gasteiger partial charge in [0, 0.05) is 20.8 Å². The van der Waals surface area contributed by atoms with Crippen LogP contribution in [-0.2, 0) is 0 Å². The van der Waals surface area contributed by atoms with Crippen LogP contribution in [0, 0.1) is 5.82 Å². The molecule has 1 N–H and O–H groups in total. The van der Waals surface area contributed by atoms with Crippen molar-refractivity contribution < 1.29 is 4.39 Å². The summed E-state index contributed by atoms with van der Waals surface area (Å²) in [5.41, 5.74) is 0.791. The lowest BCUT2D eigenvalue weighted by atomic mass is 9.90. The summed E-state index contributed by atoms with van der Waals surface area (Å²) in [4.78, 5) is 0. The number of halogens is 2. The van der Waals surface area contributed by atoms with Gasteiger partial charge < -0.3 is 5.32 Å². The van der Waals surface area contributed by atoms with Crippen LogP contribution in [0.3, 0.4) is 0 Å². The molecule has 1 heterocycles. The second-order valence-corrected chi connectivity index (χ2v) is 7.86. The molecule has 1 saturated heterocycles. The number of hydrogen-bond acceptors (Lipinski definition) is 2. The Morgan fingerprint density at radius 1 is 1.53 bits per heavy atom. The number of rotatable bonds is 5. The third-order valence-corrected chi connectivity index (χ3v) is 5.81. The van der Waals surface area contributed by atoms with Gasteiger partial charge in [-0.1, -0.05) is 22.9 Å². The number of benzene rings is 1. The average molecular weight is 346 g/mol. The van der Waals surface area contributed by atoms with Gasteiger partial charge in [0.1, 0.15) is 5.82 Å². The van der Waals surface area contributed by atoms with Crippen molar-refractivity contribution in [2.75, 3.05) is 12.3 Å². The Morgan fingerprint density at radius 3 is 2.95 bits per heavy atom. The number of nitrogens with one attached hydrogen (secondary N) is 1. The lowest BCUT2D eigenvalue weighted by Gasteiger charge is -2.35. The minimum Gasteiger partial charge on any atom is -0.309 e. The molecule has 0 aromatic heterocycles. The molecule has 2 rings (SSSR count). The summed E-state index contributed by atoms with van der Waals surface area (Å²) < 4.78 is 15.2. The second kappa shape index (κ2) is 6.59. The molecule has 1 aliphatic rings. The monoisotopic (exact) mass is 345 g/mol. The molecule has 0 saturated carbocycles. The minimum atomic E-state index is -0.106. The fourth-order valence-corrected chi connectivity index (χ4v) is 4.51. The van der Waals surface area contributed by atoms with Crippen molar-refractivity contribution in [1.29, 1.82) is 0 Å². The molecule has 2 atom stereocenters. The Balaban J connectivity index is 2.33. The highest BCUT2D eigenvalue weighted by Crippen LogP contribution is 2.47. The van der Waals surface area contributed by atoms with E-state index in [0.717, 1.165) is 29.4 Å². The smallest absolute Gasteiger partial charge is 0.128 e. The Bertz CT molecular complexity index is 432. The summed E-state index contributed by atoms with van der Waals surface area (Å²) in [6, 6.07) is 5.33. The Hall–Kier alpha value is -0.0600. The molecule has 1 aromatic carbocycles. The van der Waals surface area contributed by atoms with E-state index in [0.29, 0.717) is 0 Å². The van der Waals surface area contributed by atoms with Gasteiger partial charge in [-0.15, -0.1) is 0 Å². The van der Waals surface area contributed by atoms with Crippen LogP contribution in [0.1, 0.15) is 44.7 Å². The molecule has 4 heteroatoms. The van der Waals surface area contributed by atoms with Gasteiger partial charge in [0.05, 0.1) is 0 Å². The molecule has 0 aliphatic carbocycles. The average Bonchev–Trinajstić information content (AvgIpc) is 2.82. The Labute approximate surface area is 127 Å². The summed E-state index contributed by atoms with van der Waals surface area (Å²) in [6.07, 6.45) is 3.43. The van der Waals surface area contributed by atoms with Crippen molar-refractivity contribution in [3.05, 3.63) is 34.1 Å². The van der Waals surface area contributed by atoms with Crippen molar-refractivity contribution in [3.63, 3.8) is 0 Å². The van der Waals surface area contributed by atoms with Gasteiger partial charge in [-0.2, -0.15) is 11.8 Å². The third kappa shape index (κ3) is 3.53. The van der Waals surface area contributed by atoms with E-state index in [1.807, 2.05) is 17.8 Å². The first-order valence-electron chi connectivity index (χ1n) is 6.89. The summed E-state index contributed by atoms with van der Waals surface area (Å²) in [5, 5.41) is 3.55. The number of hydrogen-bond donors (Lipinski definition) is 1. The van der Waals surface area contributed by atoms with Crippen molar-refractivity contribution in [3.8, 4) is 0 Å². The van der Waals surface area contributed by atoms with Crippen molar-refractivity contribution >= 4 is 27.7 Å². The number of thioether (sulfide) groups is 1. The van der Waals surface area contributed by atoms with Crippen LogP contribution in [0.5, 0.6) is 0 Å². The molecule has 1 aliphatic heterocycles. The Kier molecular flexibility index (Phi) is 5.32. The van der Waals surface area contributed by atoms with Crippen molar-refractivity contribution in [1.82, 2.24) is 5.32 Å². The Morgan fingerprint density at radius 2 is 2.32 bits per heavy atom. The summed E-state index contributed by atoms with van der Waals surface area (Å²) in [5.74, 6) is 1.07. The van der Waals surface area contributed by atoms with E-state index in [9.17, 15) is 4.39 Å². The molecule has 106 valence electrons. The van der Waals surface area contributed by atoms with Crippen LogP contribution >= 0.6 is 27.7 Å². The first-order chi connectivity index (χ1) is 9.07. The molecule has 1 fully saturated rings. The van der Waals surface area contributed by atoms with E-state index in [4.69, 9.17) is 0 Å². The predicted molar refractivity (Wildman–Crippen MR) is 85.2 cm³/mol. The molecule has 0 bridgehead atoms. The largest absolute Gasteiger partial charge is 0.309 e. The molecule has 0 amide bonds. The normalized spacial score (nSPS) is 24.6. The molecule has 1 nitrogen and oxygen atoms in total. The van der Waals surface area contributed by atoms with Crippen LogP contribution in [0.4, 0.5) is 4.39 Å². The van der Waals surface area contributed by atoms with E-state index in [-0.39, 0.29) is 16.6 Å². The summed E-state index contributed by atoms with van der Waals surface area (Å²) >= 11 is 5.43. The molecule has 0 spiro atoms. The SMILES string of the molecule is CCCNC(c1cc(Br)ccc1F)C1(C)CCCS1. The molecular formula is C15H21BrFNS. The van der Waals surface area contributed by atoms with Crippen molar-refractivity contribution in [2.45, 2.75) is 43.9 Å². The highest BCUT2D eigenvalue weighted by Gasteiger charge is 2.39. The maximum Gasteiger partial charge on any atom is 0.128 e. The quantitative estimate of drug-likeness (QED) is 0.813. The van der Waals surface area contributed by atoms with Gasteiger partial charge in [0.25, 0.3) is 0 Å². The van der Waals surface area contributed by atoms with Crippen LogP contribution in [0.25, 0.3) is 0 Å². The van der Waals surface area contributed by atoms with Crippen LogP contribution < -0.4 is 5.32 Å². The zero-order valence-electron chi connectivity index (χ0n) is 11.5. The zero-order valence-corrected chi connectivity index (χ0v) is 13.9. The lowest BCUT2D eigenvalue weighted by molar-refractivity contribution is 0.399. The molecular weight excluding hydrogens is 325 g/mol. The highest BCUT2D eigenvalue weighted by atomic mass is 79.9. The topological polar surface area (TPSA) is 12.0 Å². The fourth-order valence-electron chi connectivity index (χ4n) is 2.71. The summed E-state index contributed by atoms with van der Waals surface area (Å²) in [6.45, 7) is 5.33. The highest BCUT2D eigenvalue weighted by molar-refractivity contribution is 9.10. The van der Waals surface area contributed by atoms with Gasteiger partial charge in [0.15, 0.2) is 0 Å². The second-order valence-electron chi connectivity index (χ2n) is 5.32. The van der Waals surface area contributed by atoms with Gasteiger partial charge in [-0.25, -0.2) is 4.39 Å². The van der Waals surface area contributed by atoms with Crippen LogP contribution in [-0.4, -0.2) is 17.0 Å². The van der Waals surface area contributed by atoms with Crippen LogP contribution in [0.2, 0.25) is 0 Å². The maximum atomic E-state index is 14.2. The van der Waals surface area contributed by atoms with E-state index < -0.39 is 0 Å². The van der Waals surface area contributed by atoms with E-state index in [1.54, 1.807) is 12.1 Å². The first-order valence-corrected chi connectivity index (χ1v) is 8.67. The molecule has 0 radical (unpaired) electrons.